The van der Waals surface area contributed by atoms with E-state index >= 15 is 0 Å². The number of carbonyl (C=O) groups is 1. The molecule has 1 saturated heterocycles. The molecule has 0 saturated carbocycles. The lowest BCUT2D eigenvalue weighted by Crippen LogP contribution is -2.46. The maximum absolute atomic E-state index is 12.5. The molecule has 0 radical (unpaired) electrons. The second kappa shape index (κ2) is 10.1. The number of carbonyl (C=O) groups excluding carboxylic acids is 1. The van der Waals surface area contributed by atoms with Crippen molar-refractivity contribution in [1.29, 1.82) is 0 Å². The Morgan fingerprint density at radius 1 is 1.07 bits per heavy atom. The van der Waals surface area contributed by atoms with Crippen LogP contribution < -0.4 is 9.46 Å². The molecule has 2 aromatic carbocycles. The number of hydrogen-bond donors (Lipinski definition) is 1. The molecule has 0 bridgehead atoms. The lowest BCUT2D eigenvalue weighted by molar-refractivity contribution is -0.132. The molecule has 1 aliphatic rings. The van der Waals surface area contributed by atoms with Gasteiger partial charge in [-0.25, -0.2) is 13.1 Å². The van der Waals surface area contributed by atoms with Gasteiger partial charge in [-0.2, -0.15) is 0 Å². The average molecular weight is 437 g/mol. The Morgan fingerprint density at radius 3 is 2.38 bits per heavy atom. The van der Waals surface area contributed by atoms with Crippen LogP contribution in [-0.2, 0) is 14.8 Å². The molecule has 1 aliphatic heterocycles. The van der Waals surface area contributed by atoms with Gasteiger partial charge < -0.3 is 9.64 Å². The highest BCUT2D eigenvalue weighted by Gasteiger charge is 2.26. The van der Waals surface area contributed by atoms with Gasteiger partial charge in [-0.1, -0.05) is 29.8 Å². The molecule has 1 fully saturated rings. The summed E-state index contributed by atoms with van der Waals surface area (Å²) in [6, 6.07) is 15.4. The van der Waals surface area contributed by atoms with Gasteiger partial charge in [0, 0.05) is 30.6 Å². The summed E-state index contributed by atoms with van der Waals surface area (Å²) >= 11 is 5.82. The average Bonchev–Trinajstić information content (AvgIpc) is 2.72. The molecule has 0 unspecified atom stereocenters. The minimum atomic E-state index is -3.59. The van der Waals surface area contributed by atoms with Crippen molar-refractivity contribution < 1.29 is 17.9 Å². The summed E-state index contributed by atoms with van der Waals surface area (Å²) in [6.07, 6.45) is 2.27. The maximum Gasteiger partial charge on any atom is 0.240 e. The Kier molecular flexibility index (Phi) is 7.52. The molecule has 1 amide bonds. The zero-order valence-corrected chi connectivity index (χ0v) is 17.7. The molecule has 0 atom stereocenters. The van der Waals surface area contributed by atoms with E-state index in [2.05, 4.69) is 4.72 Å². The smallest absolute Gasteiger partial charge is 0.240 e. The predicted molar refractivity (Wildman–Crippen MR) is 113 cm³/mol. The Bertz CT molecular complexity index is 896. The molecule has 1 N–H and O–H groups in total. The summed E-state index contributed by atoms with van der Waals surface area (Å²) in [5, 5.41) is 0.491. The van der Waals surface area contributed by atoms with E-state index in [1.54, 1.807) is 17.0 Å². The number of nitrogens with one attached hydrogen (secondary N) is 1. The molecular weight excluding hydrogens is 412 g/mol. The van der Waals surface area contributed by atoms with E-state index in [4.69, 9.17) is 16.3 Å². The van der Waals surface area contributed by atoms with Crippen LogP contribution in [0.15, 0.2) is 59.5 Å². The van der Waals surface area contributed by atoms with Gasteiger partial charge in [0.1, 0.15) is 5.75 Å². The fraction of sp³-hybridized carbons (Fsp3) is 0.381. The number of hydrogen-bond acceptors (Lipinski definition) is 4. The first kappa shape index (κ1) is 21.6. The second-order valence-electron chi connectivity index (χ2n) is 7.00. The number of amides is 1. The van der Waals surface area contributed by atoms with Crippen molar-refractivity contribution in [3.63, 3.8) is 0 Å². The Hall–Kier alpha value is -2.09. The van der Waals surface area contributed by atoms with Gasteiger partial charge in [0.05, 0.1) is 11.5 Å². The van der Waals surface area contributed by atoms with Crippen molar-refractivity contribution in [2.45, 2.75) is 36.6 Å². The number of para-hydroxylation sites is 1. The first-order valence-electron chi connectivity index (χ1n) is 9.67. The highest BCUT2D eigenvalue weighted by molar-refractivity contribution is 7.89. The van der Waals surface area contributed by atoms with E-state index in [1.165, 1.54) is 12.1 Å². The zero-order valence-electron chi connectivity index (χ0n) is 16.1. The van der Waals surface area contributed by atoms with E-state index in [0.717, 1.165) is 5.75 Å². The lowest BCUT2D eigenvalue weighted by Gasteiger charge is -2.32. The van der Waals surface area contributed by atoms with Gasteiger partial charge in [0.25, 0.3) is 0 Å². The van der Waals surface area contributed by atoms with Crippen molar-refractivity contribution in [1.82, 2.24) is 9.62 Å². The number of ether oxygens (including phenoxy) is 1. The number of halogens is 1. The van der Waals surface area contributed by atoms with Crippen LogP contribution in [0.5, 0.6) is 5.75 Å². The Labute approximate surface area is 176 Å². The van der Waals surface area contributed by atoms with Gasteiger partial charge in [0.2, 0.25) is 15.9 Å². The van der Waals surface area contributed by atoms with Crippen molar-refractivity contribution in [2.24, 2.45) is 0 Å². The SMILES string of the molecule is O=C(CCCOc1ccccc1)N1CCC(NS(=O)(=O)c2ccc(Cl)cc2)CC1. The van der Waals surface area contributed by atoms with E-state index in [0.29, 0.717) is 50.4 Å². The number of benzene rings is 2. The molecule has 6 nitrogen and oxygen atoms in total. The van der Waals surface area contributed by atoms with E-state index in [1.807, 2.05) is 30.3 Å². The molecule has 2 aromatic rings. The predicted octanol–water partition coefficient (Wildman–Crippen LogP) is 3.47. The van der Waals surface area contributed by atoms with Gasteiger partial charge in [-0.3, -0.25) is 4.79 Å². The molecule has 8 heteroatoms. The van der Waals surface area contributed by atoms with Crippen LogP contribution in [0, 0.1) is 0 Å². The largest absolute Gasteiger partial charge is 0.494 e. The Balaban J connectivity index is 1.39. The summed E-state index contributed by atoms with van der Waals surface area (Å²) in [6.45, 7) is 1.59. The van der Waals surface area contributed by atoms with Gasteiger partial charge in [-0.15, -0.1) is 0 Å². The topological polar surface area (TPSA) is 75.7 Å². The van der Waals surface area contributed by atoms with Crippen LogP contribution in [0.3, 0.4) is 0 Å². The summed E-state index contributed by atoms with van der Waals surface area (Å²) in [5.41, 5.74) is 0. The number of nitrogens with zero attached hydrogens (tertiary/aromatic N) is 1. The van der Waals surface area contributed by atoms with Gasteiger partial charge >= 0.3 is 0 Å². The van der Waals surface area contributed by atoms with Crippen LogP contribution in [-0.4, -0.2) is 45.0 Å². The van der Waals surface area contributed by atoms with E-state index in [-0.39, 0.29) is 16.8 Å². The zero-order chi connectivity index (χ0) is 20.7. The number of likely N-dealkylation sites (tertiary alicyclic amines) is 1. The van der Waals surface area contributed by atoms with Crippen molar-refractivity contribution in [3.8, 4) is 5.75 Å². The standard InChI is InChI=1S/C21H25ClN2O4S/c22-17-8-10-20(11-9-17)29(26,27)23-18-12-14-24(15-13-18)21(25)7-4-16-28-19-5-2-1-3-6-19/h1-3,5-6,8-11,18,23H,4,7,12-16H2. The minimum Gasteiger partial charge on any atom is -0.494 e. The third-order valence-electron chi connectivity index (χ3n) is 4.84. The molecule has 156 valence electrons. The van der Waals surface area contributed by atoms with Crippen LogP contribution in [0.1, 0.15) is 25.7 Å². The van der Waals surface area contributed by atoms with Crippen molar-refractivity contribution >= 4 is 27.5 Å². The van der Waals surface area contributed by atoms with E-state index < -0.39 is 10.0 Å². The number of rotatable bonds is 8. The normalized spacial score (nSPS) is 15.3. The van der Waals surface area contributed by atoms with Crippen molar-refractivity contribution in [2.75, 3.05) is 19.7 Å². The molecule has 0 spiro atoms. The highest BCUT2D eigenvalue weighted by atomic mass is 35.5. The third kappa shape index (κ3) is 6.45. The van der Waals surface area contributed by atoms with Crippen LogP contribution >= 0.6 is 11.6 Å². The Morgan fingerprint density at radius 2 is 1.72 bits per heavy atom. The number of sulfonamides is 1. The van der Waals surface area contributed by atoms with Crippen LogP contribution in [0.25, 0.3) is 0 Å². The molecule has 3 rings (SSSR count). The quantitative estimate of drug-likeness (QED) is 0.643. The minimum absolute atomic E-state index is 0.0840. The molecule has 0 aromatic heterocycles. The highest BCUT2D eigenvalue weighted by Crippen LogP contribution is 2.18. The summed E-state index contributed by atoms with van der Waals surface area (Å²) in [4.78, 5) is 14.4. The molecular formula is C21H25ClN2O4S. The fourth-order valence-corrected chi connectivity index (χ4v) is 4.67. The first-order chi connectivity index (χ1) is 13.9. The fourth-order valence-electron chi connectivity index (χ4n) is 3.24. The summed E-state index contributed by atoms with van der Waals surface area (Å²) in [7, 11) is -3.59. The molecule has 29 heavy (non-hydrogen) atoms. The van der Waals surface area contributed by atoms with Crippen LogP contribution in [0.4, 0.5) is 0 Å². The van der Waals surface area contributed by atoms with Gasteiger partial charge in [0.15, 0.2) is 0 Å². The second-order valence-corrected chi connectivity index (χ2v) is 9.15. The number of piperidine rings is 1. The maximum atomic E-state index is 12.5. The first-order valence-corrected chi connectivity index (χ1v) is 11.5. The summed E-state index contributed by atoms with van der Waals surface area (Å²) < 4.78 is 33.3. The van der Waals surface area contributed by atoms with Crippen molar-refractivity contribution in [3.05, 3.63) is 59.6 Å². The third-order valence-corrected chi connectivity index (χ3v) is 6.63. The molecule has 0 aliphatic carbocycles. The monoisotopic (exact) mass is 436 g/mol. The van der Waals surface area contributed by atoms with E-state index in [9.17, 15) is 13.2 Å². The lowest BCUT2D eigenvalue weighted by atomic mass is 10.1. The van der Waals surface area contributed by atoms with Gasteiger partial charge in [-0.05, 0) is 55.7 Å². The molecule has 1 heterocycles. The summed E-state index contributed by atoms with van der Waals surface area (Å²) in [5.74, 6) is 0.884. The van der Waals surface area contributed by atoms with Crippen LogP contribution in [0.2, 0.25) is 5.02 Å².